The predicted molar refractivity (Wildman–Crippen MR) is 65.3 cm³/mol. The Morgan fingerprint density at radius 1 is 0.923 bits per heavy atom. The van der Waals surface area contributed by atoms with Crippen molar-refractivity contribution in [3.8, 4) is 0 Å². The number of unbranched alkanes of at least 4 members (excludes halogenated alkanes) is 4. The maximum absolute atomic E-state index is 3.46. The molecule has 0 aliphatic carbocycles. The summed E-state index contributed by atoms with van der Waals surface area (Å²) in [5.74, 6) is 0. The standard InChI is InChI=1S/C12H23Br/c1-3-5-7-9-12(11-13)10-8-6-4-2/h11H,3-10H2,1-2H3. The average Bonchev–Trinajstić information content (AvgIpc) is 2.16. The van der Waals surface area contributed by atoms with Gasteiger partial charge in [-0.15, -0.1) is 0 Å². The second-order valence-corrected chi connectivity index (χ2v) is 4.14. The van der Waals surface area contributed by atoms with Crippen LogP contribution in [0.3, 0.4) is 0 Å². The number of halogens is 1. The highest BCUT2D eigenvalue weighted by atomic mass is 79.9. The van der Waals surface area contributed by atoms with Crippen molar-refractivity contribution in [3.05, 3.63) is 10.6 Å². The van der Waals surface area contributed by atoms with Crippen molar-refractivity contribution in [2.45, 2.75) is 65.2 Å². The summed E-state index contributed by atoms with van der Waals surface area (Å²) in [6, 6.07) is 0. The van der Waals surface area contributed by atoms with Crippen LogP contribution in [0.15, 0.2) is 10.6 Å². The highest BCUT2D eigenvalue weighted by Crippen LogP contribution is 2.17. The van der Waals surface area contributed by atoms with Crippen molar-refractivity contribution in [3.63, 3.8) is 0 Å². The molecule has 78 valence electrons. The molecule has 0 aromatic heterocycles. The third-order valence-corrected chi connectivity index (χ3v) is 3.00. The summed E-state index contributed by atoms with van der Waals surface area (Å²) in [5.41, 5.74) is 1.60. The predicted octanol–water partition coefficient (Wildman–Crippen LogP) is 5.43. The third kappa shape index (κ3) is 8.55. The fraction of sp³-hybridized carbons (Fsp3) is 0.833. The molecule has 0 aliphatic heterocycles. The van der Waals surface area contributed by atoms with Crippen LogP contribution in [0, 0.1) is 0 Å². The lowest BCUT2D eigenvalue weighted by atomic mass is 10.0. The molecule has 0 spiro atoms. The Balaban J connectivity index is 3.41. The van der Waals surface area contributed by atoms with E-state index in [1.165, 1.54) is 51.4 Å². The minimum atomic E-state index is 1.29. The zero-order chi connectivity index (χ0) is 9.94. The van der Waals surface area contributed by atoms with Gasteiger partial charge in [0.2, 0.25) is 0 Å². The van der Waals surface area contributed by atoms with Crippen LogP contribution in [-0.2, 0) is 0 Å². The van der Waals surface area contributed by atoms with Crippen molar-refractivity contribution in [1.82, 2.24) is 0 Å². The molecule has 0 N–H and O–H groups in total. The lowest BCUT2D eigenvalue weighted by Crippen LogP contribution is -1.85. The highest BCUT2D eigenvalue weighted by Gasteiger charge is 1.96. The lowest BCUT2D eigenvalue weighted by Gasteiger charge is -2.05. The SMILES string of the molecule is CCCCCC(=CBr)CCCCC. The summed E-state index contributed by atoms with van der Waals surface area (Å²) in [6.07, 6.45) is 10.7. The molecule has 1 heteroatoms. The third-order valence-electron chi connectivity index (χ3n) is 2.36. The molecule has 0 aliphatic rings. The van der Waals surface area contributed by atoms with Crippen LogP contribution in [0.5, 0.6) is 0 Å². The largest absolute Gasteiger partial charge is 0.0654 e. The molecule has 0 radical (unpaired) electrons. The summed E-state index contributed by atoms with van der Waals surface area (Å²) in [4.78, 5) is 2.14. The Kier molecular flexibility index (Phi) is 10.5. The molecule has 0 amide bonds. The number of hydrogen-bond acceptors (Lipinski definition) is 0. The summed E-state index contributed by atoms with van der Waals surface area (Å²) >= 11 is 3.46. The molecule has 0 heterocycles. The van der Waals surface area contributed by atoms with E-state index in [2.05, 4.69) is 34.8 Å². The fourth-order valence-corrected chi connectivity index (χ4v) is 1.90. The number of hydrogen-bond donors (Lipinski definition) is 0. The normalized spacial score (nSPS) is 10.1. The first-order valence-electron chi connectivity index (χ1n) is 5.63. The maximum Gasteiger partial charge on any atom is -0.0197 e. The van der Waals surface area contributed by atoms with Crippen molar-refractivity contribution in [1.29, 1.82) is 0 Å². The van der Waals surface area contributed by atoms with Crippen molar-refractivity contribution in [2.75, 3.05) is 0 Å². The van der Waals surface area contributed by atoms with Gasteiger partial charge in [0, 0.05) is 0 Å². The Hall–Kier alpha value is 0.220. The first-order valence-corrected chi connectivity index (χ1v) is 6.54. The monoisotopic (exact) mass is 246 g/mol. The quantitative estimate of drug-likeness (QED) is 0.502. The smallest absolute Gasteiger partial charge is 0.0197 e. The first-order chi connectivity index (χ1) is 6.35. The minimum Gasteiger partial charge on any atom is -0.0654 e. The van der Waals surface area contributed by atoms with Crippen LogP contribution >= 0.6 is 15.9 Å². The van der Waals surface area contributed by atoms with E-state index in [-0.39, 0.29) is 0 Å². The second kappa shape index (κ2) is 10.3. The van der Waals surface area contributed by atoms with E-state index >= 15 is 0 Å². The summed E-state index contributed by atoms with van der Waals surface area (Å²) in [7, 11) is 0. The van der Waals surface area contributed by atoms with Gasteiger partial charge in [-0.25, -0.2) is 0 Å². The van der Waals surface area contributed by atoms with Gasteiger partial charge in [-0.2, -0.15) is 0 Å². The van der Waals surface area contributed by atoms with Crippen molar-refractivity contribution in [2.24, 2.45) is 0 Å². The zero-order valence-corrected chi connectivity index (χ0v) is 10.7. The van der Waals surface area contributed by atoms with Gasteiger partial charge in [0.25, 0.3) is 0 Å². The zero-order valence-electron chi connectivity index (χ0n) is 9.11. The van der Waals surface area contributed by atoms with Crippen LogP contribution in [0.4, 0.5) is 0 Å². The van der Waals surface area contributed by atoms with Crippen LogP contribution in [0.1, 0.15) is 65.2 Å². The lowest BCUT2D eigenvalue weighted by molar-refractivity contribution is 0.660. The summed E-state index contributed by atoms with van der Waals surface area (Å²) in [6.45, 7) is 4.52. The van der Waals surface area contributed by atoms with Gasteiger partial charge < -0.3 is 0 Å². The van der Waals surface area contributed by atoms with Gasteiger partial charge in [0.1, 0.15) is 0 Å². The Morgan fingerprint density at radius 3 is 1.69 bits per heavy atom. The van der Waals surface area contributed by atoms with E-state index in [1.807, 2.05) is 0 Å². The molecular formula is C12H23Br. The van der Waals surface area contributed by atoms with Crippen LogP contribution in [-0.4, -0.2) is 0 Å². The van der Waals surface area contributed by atoms with Crippen LogP contribution < -0.4 is 0 Å². The summed E-state index contributed by atoms with van der Waals surface area (Å²) in [5, 5.41) is 0. The molecule has 0 aromatic rings. The van der Waals surface area contributed by atoms with Crippen LogP contribution in [0.25, 0.3) is 0 Å². The first kappa shape index (κ1) is 13.2. The molecule has 0 saturated heterocycles. The van der Waals surface area contributed by atoms with E-state index in [0.29, 0.717) is 0 Å². The van der Waals surface area contributed by atoms with Gasteiger partial charge in [-0.1, -0.05) is 61.0 Å². The molecule has 0 unspecified atom stereocenters. The molecule has 13 heavy (non-hydrogen) atoms. The van der Waals surface area contributed by atoms with Gasteiger partial charge in [0.15, 0.2) is 0 Å². The van der Waals surface area contributed by atoms with E-state index in [1.54, 1.807) is 5.57 Å². The molecule has 0 atom stereocenters. The highest BCUT2D eigenvalue weighted by molar-refractivity contribution is 9.11. The van der Waals surface area contributed by atoms with Gasteiger partial charge in [-0.3, -0.25) is 0 Å². The molecule has 0 rings (SSSR count). The van der Waals surface area contributed by atoms with Crippen molar-refractivity contribution >= 4 is 15.9 Å². The topological polar surface area (TPSA) is 0 Å². The Labute approximate surface area is 91.9 Å². The van der Waals surface area contributed by atoms with Crippen molar-refractivity contribution < 1.29 is 0 Å². The molecule has 0 fully saturated rings. The number of rotatable bonds is 8. The van der Waals surface area contributed by atoms with Gasteiger partial charge in [-0.05, 0) is 30.7 Å². The Morgan fingerprint density at radius 2 is 1.38 bits per heavy atom. The second-order valence-electron chi connectivity index (χ2n) is 3.68. The average molecular weight is 247 g/mol. The van der Waals surface area contributed by atoms with E-state index in [9.17, 15) is 0 Å². The van der Waals surface area contributed by atoms with E-state index in [0.717, 1.165) is 0 Å². The molecular weight excluding hydrogens is 224 g/mol. The Bertz CT molecular complexity index is 115. The van der Waals surface area contributed by atoms with Gasteiger partial charge in [0.05, 0.1) is 0 Å². The number of allylic oxidation sites excluding steroid dienone is 1. The van der Waals surface area contributed by atoms with E-state index < -0.39 is 0 Å². The van der Waals surface area contributed by atoms with Gasteiger partial charge >= 0.3 is 0 Å². The molecule has 0 bridgehead atoms. The maximum atomic E-state index is 3.46. The molecule has 0 aromatic carbocycles. The molecule has 0 nitrogen and oxygen atoms in total. The fourth-order valence-electron chi connectivity index (χ4n) is 1.44. The summed E-state index contributed by atoms with van der Waals surface area (Å²) < 4.78 is 0. The minimum absolute atomic E-state index is 1.29. The van der Waals surface area contributed by atoms with E-state index in [4.69, 9.17) is 0 Å². The van der Waals surface area contributed by atoms with Crippen LogP contribution in [0.2, 0.25) is 0 Å². The molecule has 0 saturated carbocycles.